The SMILES string of the molecule is O=C(O)CCCC1OC1C[C@@H]1[C@@H]([C@H]2OC2C(O)COc2cccc(C(F)(F)F)c2)[C@H](O)C[C@@H]1O. The number of aliphatic hydroxyl groups is 3. The fraction of sp³-hybridized carbons (Fsp3) is 0.696. The van der Waals surface area contributed by atoms with Crippen LogP contribution >= 0.6 is 0 Å². The molecule has 0 amide bonds. The van der Waals surface area contributed by atoms with Gasteiger partial charge >= 0.3 is 12.1 Å². The summed E-state index contributed by atoms with van der Waals surface area (Å²) >= 11 is 0. The van der Waals surface area contributed by atoms with Gasteiger partial charge in [-0.2, -0.15) is 13.2 Å². The van der Waals surface area contributed by atoms with Gasteiger partial charge in [0.15, 0.2) is 0 Å². The number of benzene rings is 1. The van der Waals surface area contributed by atoms with E-state index in [0.29, 0.717) is 19.3 Å². The number of halogens is 3. The van der Waals surface area contributed by atoms with Crippen LogP contribution in [0.5, 0.6) is 5.75 Å². The third-order valence-electron chi connectivity index (χ3n) is 6.89. The minimum Gasteiger partial charge on any atom is -0.491 e. The first-order valence-corrected chi connectivity index (χ1v) is 11.4. The molecule has 0 aromatic heterocycles. The van der Waals surface area contributed by atoms with Gasteiger partial charge in [0.25, 0.3) is 0 Å². The number of aliphatic carboxylic acids is 1. The maximum Gasteiger partial charge on any atom is 0.416 e. The smallest absolute Gasteiger partial charge is 0.416 e. The standard InChI is InChI=1S/C23H29F3O8/c24-23(25,26)11-3-1-4-12(7-11)32-10-16(29)21-22(34-21)20-13(14(27)9-15(20)28)8-18-17(33-18)5-2-6-19(30)31/h1,3-4,7,13-18,20-22,27-29H,2,5-6,8-10H2,(H,30,31)/t13-,14-,15+,16?,17?,18?,20+,21?,22+/m0/s1. The quantitative estimate of drug-likeness (QED) is 0.346. The monoisotopic (exact) mass is 490 g/mol. The van der Waals surface area contributed by atoms with Crippen LogP contribution in [0.3, 0.4) is 0 Å². The number of carboxylic acid groups (broad SMARTS) is 1. The second-order valence-corrected chi connectivity index (χ2v) is 9.32. The van der Waals surface area contributed by atoms with E-state index in [4.69, 9.17) is 19.3 Å². The average molecular weight is 490 g/mol. The number of carboxylic acids is 1. The van der Waals surface area contributed by atoms with E-state index in [1.54, 1.807) is 0 Å². The molecule has 4 unspecified atom stereocenters. The van der Waals surface area contributed by atoms with E-state index in [1.807, 2.05) is 0 Å². The molecule has 4 N–H and O–H groups in total. The number of epoxide rings is 2. The predicted octanol–water partition coefficient (Wildman–Crippen LogP) is 1.98. The number of aliphatic hydroxyl groups excluding tert-OH is 3. The highest BCUT2D eigenvalue weighted by Gasteiger charge is 2.59. The Morgan fingerprint density at radius 3 is 2.65 bits per heavy atom. The molecule has 4 rings (SSSR count). The van der Waals surface area contributed by atoms with Gasteiger partial charge < -0.3 is 34.6 Å². The van der Waals surface area contributed by atoms with Crippen molar-refractivity contribution in [1.29, 1.82) is 0 Å². The van der Waals surface area contributed by atoms with Gasteiger partial charge in [-0.3, -0.25) is 4.79 Å². The van der Waals surface area contributed by atoms with Crippen LogP contribution in [0.25, 0.3) is 0 Å². The van der Waals surface area contributed by atoms with Gasteiger partial charge in [-0.15, -0.1) is 0 Å². The Balaban J connectivity index is 1.27. The van der Waals surface area contributed by atoms with Crippen LogP contribution in [0, 0.1) is 11.8 Å². The van der Waals surface area contributed by atoms with Gasteiger partial charge in [-0.25, -0.2) is 0 Å². The van der Waals surface area contributed by atoms with E-state index in [-0.39, 0.29) is 43.3 Å². The zero-order valence-electron chi connectivity index (χ0n) is 18.3. The van der Waals surface area contributed by atoms with Crippen LogP contribution in [-0.4, -0.2) is 75.7 Å². The molecule has 0 spiro atoms. The summed E-state index contributed by atoms with van der Waals surface area (Å²) in [7, 11) is 0. The van der Waals surface area contributed by atoms with Gasteiger partial charge in [0, 0.05) is 12.3 Å². The number of hydrogen-bond donors (Lipinski definition) is 4. The fourth-order valence-corrected chi connectivity index (χ4v) is 5.06. The van der Waals surface area contributed by atoms with E-state index >= 15 is 0 Å². The van der Waals surface area contributed by atoms with Crippen LogP contribution < -0.4 is 4.74 Å². The summed E-state index contributed by atoms with van der Waals surface area (Å²) in [6.45, 7) is -0.282. The lowest BCUT2D eigenvalue weighted by Crippen LogP contribution is -2.33. The molecule has 2 saturated heterocycles. The van der Waals surface area contributed by atoms with Gasteiger partial charge in [-0.1, -0.05) is 6.07 Å². The van der Waals surface area contributed by atoms with Crippen molar-refractivity contribution in [3.63, 3.8) is 0 Å². The third-order valence-corrected chi connectivity index (χ3v) is 6.89. The number of ether oxygens (including phenoxy) is 3. The molecule has 1 saturated carbocycles. The lowest BCUT2D eigenvalue weighted by Gasteiger charge is -2.22. The van der Waals surface area contributed by atoms with Crippen LogP contribution in [0.15, 0.2) is 24.3 Å². The van der Waals surface area contributed by atoms with Gasteiger partial charge in [0.2, 0.25) is 0 Å². The summed E-state index contributed by atoms with van der Waals surface area (Å²) in [5, 5.41) is 40.1. The summed E-state index contributed by atoms with van der Waals surface area (Å²) in [6, 6.07) is 4.36. The minimum atomic E-state index is -4.50. The normalized spacial score (nSPS) is 35.7. The molecule has 1 aliphatic carbocycles. The molecule has 11 heteroatoms. The second-order valence-electron chi connectivity index (χ2n) is 9.32. The Morgan fingerprint density at radius 1 is 1.18 bits per heavy atom. The van der Waals surface area contributed by atoms with E-state index in [0.717, 1.165) is 12.1 Å². The van der Waals surface area contributed by atoms with Gasteiger partial charge in [0.05, 0.1) is 36.1 Å². The van der Waals surface area contributed by atoms with Crippen molar-refractivity contribution in [2.24, 2.45) is 11.8 Å². The molecular formula is C23H29F3O8. The molecule has 1 aromatic rings. The van der Waals surface area contributed by atoms with E-state index in [1.165, 1.54) is 12.1 Å². The highest BCUT2D eigenvalue weighted by atomic mass is 19.4. The first-order chi connectivity index (χ1) is 16.0. The Morgan fingerprint density at radius 2 is 1.94 bits per heavy atom. The summed E-state index contributed by atoms with van der Waals surface area (Å²) in [6.07, 6.45) is -6.71. The number of alkyl halides is 3. The molecule has 9 atom stereocenters. The Bertz CT molecular complexity index is 865. The summed E-state index contributed by atoms with van der Waals surface area (Å²) < 4.78 is 55.1. The van der Waals surface area contributed by atoms with E-state index in [2.05, 4.69) is 0 Å². The molecule has 190 valence electrons. The van der Waals surface area contributed by atoms with Crippen molar-refractivity contribution in [1.82, 2.24) is 0 Å². The summed E-state index contributed by atoms with van der Waals surface area (Å²) in [4.78, 5) is 10.6. The van der Waals surface area contributed by atoms with Crippen molar-refractivity contribution < 1.29 is 52.6 Å². The number of carbonyl (C=O) groups is 1. The third kappa shape index (κ3) is 6.01. The van der Waals surface area contributed by atoms with Gasteiger partial charge in [0.1, 0.15) is 24.6 Å². The van der Waals surface area contributed by atoms with Gasteiger partial charge in [-0.05, 0) is 49.8 Å². The maximum atomic E-state index is 12.8. The maximum absolute atomic E-state index is 12.8. The molecule has 2 aliphatic heterocycles. The Hall–Kier alpha value is -1.92. The molecule has 8 nitrogen and oxygen atoms in total. The first-order valence-electron chi connectivity index (χ1n) is 11.4. The Labute approximate surface area is 194 Å². The predicted molar refractivity (Wildman–Crippen MR) is 110 cm³/mol. The molecule has 3 aliphatic rings. The Kier molecular flexibility index (Phi) is 7.39. The molecule has 1 aromatic carbocycles. The molecule has 3 fully saturated rings. The fourth-order valence-electron chi connectivity index (χ4n) is 5.06. The molecular weight excluding hydrogens is 461 g/mol. The summed E-state index contributed by atoms with van der Waals surface area (Å²) in [5.74, 6) is -1.62. The van der Waals surface area contributed by atoms with E-state index < -0.39 is 54.1 Å². The molecule has 0 bridgehead atoms. The number of rotatable bonds is 11. The van der Waals surface area contributed by atoms with Crippen LogP contribution in [-0.2, 0) is 20.4 Å². The highest BCUT2D eigenvalue weighted by molar-refractivity contribution is 5.66. The van der Waals surface area contributed by atoms with Crippen molar-refractivity contribution in [2.75, 3.05) is 6.61 Å². The lowest BCUT2D eigenvalue weighted by molar-refractivity contribution is -0.138. The largest absolute Gasteiger partial charge is 0.491 e. The number of hydrogen-bond acceptors (Lipinski definition) is 7. The zero-order valence-corrected chi connectivity index (χ0v) is 18.3. The van der Waals surface area contributed by atoms with Crippen LogP contribution in [0.2, 0.25) is 0 Å². The zero-order chi connectivity index (χ0) is 24.6. The second kappa shape index (κ2) is 9.98. The average Bonchev–Trinajstić information content (AvgIpc) is 3.67. The van der Waals surface area contributed by atoms with Crippen molar-refractivity contribution in [3.8, 4) is 5.75 Å². The highest BCUT2D eigenvalue weighted by Crippen LogP contribution is 2.48. The summed E-state index contributed by atoms with van der Waals surface area (Å²) in [5.41, 5.74) is -0.852. The first kappa shape index (κ1) is 25.2. The minimum absolute atomic E-state index is 0.0277. The van der Waals surface area contributed by atoms with Crippen molar-refractivity contribution in [2.45, 2.75) is 81.0 Å². The van der Waals surface area contributed by atoms with Crippen molar-refractivity contribution in [3.05, 3.63) is 29.8 Å². The molecule has 0 radical (unpaired) electrons. The molecule has 34 heavy (non-hydrogen) atoms. The topological polar surface area (TPSA) is 132 Å². The molecule has 2 heterocycles. The lowest BCUT2D eigenvalue weighted by atomic mass is 9.84. The van der Waals surface area contributed by atoms with E-state index in [9.17, 15) is 33.3 Å². The van der Waals surface area contributed by atoms with Crippen LogP contribution in [0.4, 0.5) is 13.2 Å². The van der Waals surface area contributed by atoms with Crippen molar-refractivity contribution >= 4 is 5.97 Å². The van der Waals surface area contributed by atoms with Crippen LogP contribution in [0.1, 0.15) is 37.7 Å².